The molecule has 0 spiro atoms. The van der Waals surface area contributed by atoms with E-state index in [-0.39, 0.29) is 5.92 Å². The molecule has 92 valence electrons. The fourth-order valence-electron chi connectivity index (χ4n) is 2.36. The van der Waals surface area contributed by atoms with E-state index >= 15 is 0 Å². The lowest BCUT2D eigenvalue weighted by Gasteiger charge is -2.31. The third-order valence-electron chi connectivity index (χ3n) is 3.28. The summed E-state index contributed by atoms with van der Waals surface area (Å²) < 4.78 is 0. The zero-order valence-electron chi connectivity index (χ0n) is 9.74. The Bertz CT molecular complexity index is 414. The first-order valence-electron chi connectivity index (χ1n) is 5.85. The van der Waals surface area contributed by atoms with Gasteiger partial charge in [0.2, 0.25) is 0 Å². The van der Waals surface area contributed by atoms with Crippen LogP contribution in [0.15, 0.2) is 24.3 Å². The van der Waals surface area contributed by atoms with E-state index in [1.54, 1.807) is 24.3 Å². The van der Waals surface area contributed by atoms with Crippen LogP contribution in [0, 0.1) is 5.92 Å². The SMILES string of the molecule is CCNC(C(=O)O)(c1ccc(Cl)cc1)C1CC1. The van der Waals surface area contributed by atoms with Crippen molar-refractivity contribution in [1.82, 2.24) is 5.32 Å². The van der Waals surface area contributed by atoms with Crippen LogP contribution in [0.2, 0.25) is 5.02 Å². The van der Waals surface area contributed by atoms with Gasteiger partial charge in [0.1, 0.15) is 5.54 Å². The zero-order valence-corrected chi connectivity index (χ0v) is 10.5. The highest BCUT2D eigenvalue weighted by atomic mass is 35.5. The van der Waals surface area contributed by atoms with Gasteiger partial charge in [-0.2, -0.15) is 0 Å². The van der Waals surface area contributed by atoms with Gasteiger partial charge in [-0.3, -0.25) is 5.32 Å². The van der Waals surface area contributed by atoms with Crippen LogP contribution in [-0.4, -0.2) is 17.6 Å². The molecule has 1 aliphatic carbocycles. The van der Waals surface area contributed by atoms with Crippen LogP contribution in [0.4, 0.5) is 0 Å². The molecule has 2 N–H and O–H groups in total. The van der Waals surface area contributed by atoms with Crippen molar-refractivity contribution < 1.29 is 9.90 Å². The Morgan fingerprint density at radius 1 is 1.47 bits per heavy atom. The van der Waals surface area contributed by atoms with Gasteiger partial charge in [-0.1, -0.05) is 30.7 Å². The molecule has 1 fully saturated rings. The van der Waals surface area contributed by atoms with Crippen LogP contribution < -0.4 is 5.32 Å². The average molecular weight is 254 g/mol. The number of halogens is 1. The average Bonchev–Trinajstić information content (AvgIpc) is 3.11. The Labute approximate surface area is 106 Å². The lowest BCUT2D eigenvalue weighted by atomic mass is 9.85. The maximum Gasteiger partial charge on any atom is 0.328 e. The van der Waals surface area contributed by atoms with E-state index in [0.29, 0.717) is 11.6 Å². The molecule has 0 bridgehead atoms. The molecule has 1 unspecified atom stereocenters. The van der Waals surface area contributed by atoms with Gasteiger partial charge >= 0.3 is 5.97 Å². The maximum atomic E-state index is 11.7. The number of carboxylic acid groups (broad SMARTS) is 1. The number of nitrogens with one attached hydrogen (secondary N) is 1. The third-order valence-corrected chi connectivity index (χ3v) is 3.53. The van der Waals surface area contributed by atoms with Gasteiger partial charge in [0.15, 0.2) is 0 Å². The Hall–Kier alpha value is -1.06. The van der Waals surface area contributed by atoms with Crippen molar-refractivity contribution in [2.24, 2.45) is 5.92 Å². The highest BCUT2D eigenvalue weighted by molar-refractivity contribution is 6.30. The summed E-state index contributed by atoms with van der Waals surface area (Å²) in [5, 5.41) is 13.4. The molecule has 0 aliphatic heterocycles. The molecule has 0 amide bonds. The molecular weight excluding hydrogens is 238 g/mol. The zero-order chi connectivity index (χ0) is 12.5. The number of carboxylic acids is 1. The van der Waals surface area contributed by atoms with Gasteiger partial charge < -0.3 is 5.11 Å². The molecule has 0 radical (unpaired) electrons. The first kappa shape index (κ1) is 12.4. The van der Waals surface area contributed by atoms with E-state index < -0.39 is 11.5 Å². The minimum atomic E-state index is -0.945. The van der Waals surface area contributed by atoms with Crippen LogP contribution >= 0.6 is 11.6 Å². The van der Waals surface area contributed by atoms with Crippen LogP contribution in [0.5, 0.6) is 0 Å². The number of aliphatic carboxylic acids is 1. The van der Waals surface area contributed by atoms with Crippen LogP contribution in [0.1, 0.15) is 25.3 Å². The molecule has 0 aromatic heterocycles. The van der Waals surface area contributed by atoms with E-state index in [4.69, 9.17) is 11.6 Å². The van der Waals surface area contributed by atoms with Crippen LogP contribution in [0.3, 0.4) is 0 Å². The van der Waals surface area contributed by atoms with Crippen molar-refractivity contribution in [3.8, 4) is 0 Å². The Morgan fingerprint density at radius 3 is 2.47 bits per heavy atom. The second kappa shape index (κ2) is 4.67. The number of hydrogen-bond donors (Lipinski definition) is 2. The van der Waals surface area contributed by atoms with E-state index in [1.165, 1.54) is 0 Å². The predicted molar refractivity (Wildman–Crippen MR) is 67.2 cm³/mol. The van der Waals surface area contributed by atoms with Crippen molar-refractivity contribution in [2.75, 3.05) is 6.54 Å². The second-order valence-electron chi connectivity index (χ2n) is 4.42. The molecule has 2 rings (SSSR count). The highest BCUT2D eigenvalue weighted by Gasteiger charge is 2.51. The molecule has 1 aromatic carbocycles. The van der Waals surface area contributed by atoms with Gasteiger partial charge in [0.05, 0.1) is 0 Å². The van der Waals surface area contributed by atoms with E-state index in [0.717, 1.165) is 18.4 Å². The van der Waals surface area contributed by atoms with Gasteiger partial charge in [0.25, 0.3) is 0 Å². The number of hydrogen-bond acceptors (Lipinski definition) is 2. The summed E-state index contributed by atoms with van der Waals surface area (Å²) in [5.74, 6) is -0.620. The summed E-state index contributed by atoms with van der Waals surface area (Å²) in [6.45, 7) is 2.56. The monoisotopic (exact) mass is 253 g/mol. The normalized spacial score (nSPS) is 18.7. The Kier molecular flexibility index (Phi) is 3.40. The first-order valence-corrected chi connectivity index (χ1v) is 6.23. The fraction of sp³-hybridized carbons (Fsp3) is 0.462. The van der Waals surface area contributed by atoms with Crippen molar-refractivity contribution in [2.45, 2.75) is 25.3 Å². The summed E-state index contributed by atoms with van der Waals surface area (Å²) in [6.07, 6.45) is 1.92. The smallest absolute Gasteiger partial charge is 0.328 e. The van der Waals surface area contributed by atoms with Crippen molar-refractivity contribution in [1.29, 1.82) is 0 Å². The summed E-state index contributed by atoms with van der Waals surface area (Å²) in [7, 11) is 0. The quantitative estimate of drug-likeness (QED) is 0.848. The number of rotatable bonds is 5. The molecule has 1 atom stereocenters. The van der Waals surface area contributed by atoms with Crippen molar-refractivity contribution in [3.63, 3.8) is 0 Å². The standard InChI is InChI=1S/C13H16ClNO2/c1-2-15-13(12(16)17,9-3-4-9)10-5-7-11(14)8-6-10/h5-9,15H,2-4H2,1H3,(H,16,17). The van der Waals surface area contributed by atoms with E-state index in [9.17, 15) is 9.90 Å². The lowest BCUT2D eigenvalue weighted by Crippen LogP contribution is -2.51. The summed E-state index contributed by atoms with van der Waals surface area (Å²) in [6, 6.07) is 7.09. The molecule has 17 heavy (non-hydrogen) atoms. The summed E-state index contributed by atoms with van der Waals surface area (Å²) in [4.78, 5) is 11.7. The summed E-state index contributed by atoms with van der Waals surface area (Å²) >= 11 is 5.85. The van der Waals surface area contributed by atoms with Crippen molar-refractivity contribution in [3.05, 3.63) is 34.9 Å². The van der Waals surface area contributed by atoms with E-state index in [1.807, 2.05) is 6.92 Å². The molecule has 0 saturated heterocycles. The second-order valence-corrected chi connectivity index (χ2v) is 4.86. The minimum Gasteiger partial charge on any atom is -0.480 e. The minimum absolute atomic E-state index is 0.182. The van der Waals surface area contributed by atoms with Crippen LogP contribution in [0.25, 0.3) is 0 Å². The molecule has 1 aliphatic rings. The molecule has 1 saturated carbocycles. The van der Waals surface area contributed by atoms with Crippen LogP contribution in [-0.2, 0) is 10.3 Å². The van der Waals surface area contributed by atoms with Gasteiger partial charge in [-0.25, -0.2) is 4.79 Å². The summed E-state index contributed by atoms with van der Waals surface area (Å²) in [5.41, 5.74) is -0.155. The number of carbonyl (C=O) groups is 1. The Balaban J connectivity index is 2.44. The predicted octanol–water partition coefficient (Wildman–Crippen LogP) is 2.64. The molecule has 1 aromatic rings. The van der Waals surface area contributed by atoms with Crippen molar-refractivity contribution >= 4 is 17.6 Å². The molecular formula is C13H16ClNO2. The number of benzene rings is 1. The fourth-order valence-corrected chi connectivity index (χ4v) is 2.49. The topological polar surface area (TPSA) is 49.3 Å². The Morgan fingerprint density at radius 2 is 2.06 bits per heavy atom. The number of likely N-dealkylation sites (N-methyl/N-ethyl adjacent to an activating group) is 1. The largest absolute Gasteiger partial charge is 0.480 e. The molecule has 4 heteroatoms. The third kappa shape index (κ3) is 2.17. The van der Waals surface area contributed by atoms with E-state index in [2.05, 4.69) is 5.32 Å². The van der Waals surface area contributed by atoms with Gasteiger partial charge in [-0.05, 0) is 43.0 Å². The first-order chi connectivity index (χ1) is 8.11. The molecule has 0 heterocycles. The highest BCUT2D eigenvalue weighted by Crippen LogP contribution is 2.46. The maximum absolute atomic E-state index is 11.7. The van der Waals surface area contributed by atoms with Gasteiger partial charge in [0, 0.05) is 5.02 Å². The van der Waals surface area contributed by atoms with Gasteiger partial charge in [-0.15, -0.1) is 0 Å². The molecule has 3 nitrogen and oxygen atoms in total. The lowest BCUT2D eigenvalue weighted by molar-refractivity contribution is -0.146.